The third-order valence-electron chi connectivity index (χ3n) is 5.54. The molecule has 4 aromatic rings. The van der Waals surface area contributed by atoms with Crippen LogP contribution in [0.15, 0.2) is 82.1 Å². The number of ether oxygens (including phenoxy) is 2. The lowest BCUT2D eigenvalue weighted by molar-refractivity contribution is -0.112. The van der Waals surface area contributed by atoms with Crippen molar-refractivity contribution in [3.05, 3.63) is 94.6 Å². The van der Waals surface area contributed by atoms with Crippen LogP contribution in [-0.2, 0) is 14.3 Å². The van der Waals surface area contributed by atoms with Crippen LogP contribution in [0.2, 0.25) is 0 Å². The van der Waals surface area contributed by atoms with Crippen LogP contribution in [0.1, 0.15) is 40.3 Å². The molecular formula is C30H24N2O6S. The molecule has 8 nitrogen and oxygen atoms in total. The van der Waals surface area contributed by atoms with Gasteiger partial charge in [-0.25, -0.2) is 9.59 Å². The fraction of sp³-hybridized carbons (Fsp3) is 0.133. The average molecular weight is 541 g/mol. The Labute approximate surface area is 229 Å². The van der Waals surface area contributed by atoms with Crippen molar-refractivity contribution in [3.8, 4) is 28.5 Å². The van der Waals surface area contributed by atoms with Gasteiger partial charge in [0.15, 0.2) is 0 Å². The molecule has 0 unspecified atom stereocenters. The van der Waals surface area contributed by atoms with E-state index in [1.165, 1.54) is 17.4 Å². The molecule has 1 amide bonds. The minimum absolute atomic E-state index is 0.173. The predicted octanol–water partition coefficient (Wildman–Crippen LogP) is 6.57. The number of hydrogen-bond donors (Lipinski definition) is 1. The van der Waals surface area contributed by atoms with Crippen molar-refractivity contribution < 1.29 is 28.3 Å². The number of carbonyl (C=O) groups excluding carboxylic acids is 3. The van der Waals surface area contributed by atoms with Crippen molar-refractivity contribution >= 4 is 40.3 Å². The van der Waals surface area contributed by atoms with Crippen molar-refractivity contribution in [2.24, 2.45) is 0 Å². The van der Waals surface area contributed by atoms with Crippen LogP contribution >= 0.6 is 11.3 Å². The number of carbonyl (C=O) groups is 3. The Morgan fingerprint density at radius 1 is 0.923 bits per heavy atom. The van der Waals surface area contributed by atoms with Crippen LogP contribution < -0.4 is 5.32 Å². The number of nitrogens with zero attached hydrogens (tertiary/aromatic N) is 1. The van der Waals surface area contributed by atoms with Gasteiger partial charge in [-0.3, -0.25) is 4.79 Å². The molecule has 0 aliphatic rings. The number of amides is 1. The van der Waals surface area contributed by atoms with Crippen LogP contribution in [0.25, 0.3) is 28.5 Å². The van der Waals surface area contributed by atoms with Gasteiger partial charge < -0.3 is 19.2 Å². The summed E-state index contributed by atoms with van der Waals surface area (Å²) in [5.41, 5.74) is 2.56. The number of furan rings is 1. The second-order valence-electron chi connectivity index (χ2n) is 8.06. The van der Waals surface area contributed by atoms with E-state index in [2.05, 4.69) is 5.32 Å². The van der Waals surface area contributed by atoms with Gasteiger partial charge in [0.25, 0.3) is 5.91 Å². The van der Waals surface area contributed by atoms with E-state index < -0.39 is 17.8 Å². The Kier molecular flexibility index (Phi) is 8.71. The lowest BCUT2D eigenvalue weighted by Gasteiger charge is -2.08. The van der Waals surface area contributed by atoms with Crippen molar-refractivity contribution in [3.63, 3.8) is 0 Å². The number of thiophene rings is 1. The van der Waals surface area contributed by atoms with Crippen LogP contribution in [0.5, 0.6) is 0 Å². The SMILES string of the molecule is CCOC(=O)c1ccc(-c2ccc(C=C(C#N)C(=O)Nc3scc(-c4ccccc4)c3C(=O)OCC)o2)cc1. The molecule has 0 aliphatic carbocycles. The minimum Gasteiger partial charge on any atom is -0.462 e. The highest BCUT2D eigenvalue weighted by Crippen LogP contribution is 2.36. The maximum atomic E-state index is 13.0. The fourth-order valence-electron chi connectivity index (χ4n) is 3.72. The standard InChI is InChI=1S/C30H24N2O6S/c1-3-36-29(34)21-12-10-20(11-13-21)25-15-14-23(38-25)16-22(17-31)27(33)32-28-26(30(35)37-4-2)24(18-39-28)19-8-6-5-7-9-19/h5-16,18H,3-4H2,1-2H3,(H,32,33). The molecule has 0 fully saturated rings. The zero-order chi connectivity index (χ0) is 27.8. The highest BCUT2D eigenvalue weighted by atomic mass is 32.1. The van der Waals surface area contributed by atoms with E-state index in [9.17, 15) is 19.6 Å². The quantitative estimate of drug-likeness (QED) is 0.145. The van der Waals surface area contributed by atoms with Gasteiger partial charge in [0.05, 0.1) is 18.8 Å². The molecule has 2 aromatic heterocycles. The maximum Gasteiger partial charge on any atom is 0.341 e. The molecule has 0 spiro atoms. The van der Waals surface area contributed by atoms with Crippen molar-refractivity contribution in [2.45, 2.75) is 13.8 Å². The van der Waals surface area contributed by atoms with Crippen LogP contribution in [0.4, 0.5) is 5.00 Å². The summed E-state index contributed by atoms with van der Waals surface area (Å²) in [7, 11) is 0. The summed E-state index contributed by atoms with van der Waals surface area (Å²) in [6, 6.07) is 21.2. The first-order valence-corrected chi connectivity index (χ1v) is 13.0. The van der Waals surface area contributed by atoms with Gasteiger partial charge in [-0.2, -0.15) is 5.26 Å². The summed E-state index contributed by atoms with van der Waals surface area (Å²) >= 11 is 1.17. The maximum absolute atomic E-state index is 13.0. The molecule has 2 heterocycles. The first-order chi connectivity index (χ1) is 18.9. The molecule has 0 saturated carbocycles. The monoisotopic (exact) mass is 540 g/mol. The van der Waals surface area contributed by atoms with E-state index in [1.54, 1.807) is 55.6 Å². The van der Waals surface area contributed by atoms with Gasteiger partial charge in [0, 0.05) is 22.6 Å². The molecule has 0 atom stereocenters. The van der Waals surface area contributed by atoms with Gasteiger partial charge in [0.2, 0.25) is 0 Å². The van der Waals surface area contributed by atoms with Gasteiger partial charge in [-0.05, 0) is 43.7 Å². The zero-order valence-corrected chi connectivity index (χ0v) is 22.0. The number of benzene rings is 2. The highest BCUT2D eigenvalue weighted by molar-refractivity contribution is 7.15. The molecule has 2 aromatic carbocycles. The number of nitriles is 1. The van der Waals surface area contributed by atoms with Crippen LogP contribution in [0.3, 0.4) is 0 Å². The summed E-state index contributed by atoms with van der Waals surface area (Å²) in [5, 5.41) is 14.4. The molecule has 9 heteroatoms. The van der Waals surface area contributed by atoms with Crippen molar-refractivity contribution in [1.29, 1.82) is 5.26 Å². The fourth-order valence-corrected chi connectivity index (χ4v) is 4.67. The molecule has 196 valence electrons. The number of nitrogens with one attached hydrogen (secondary N) is 1. The first-order valence-electron chi connectivity index (χ1n) is 12.1. The smallest absolute Gasteiger partial charge is 0.341 e. The Balaban J connectivity index is 1.56. The molecule has 0 aliphatic heterocycles. The number of rotatable bonds is 9. The number of anilines is 1. The zero-order valence-electron chi connectivity index (χ0n) is 21.2. The summed E-state index contributed by atoms with van der Waals surface area (Å²) in [5.74, 6) is -0.900. The Morgan fingerprint density at radius 2 is 1.62 bits per heavy atom. The Morgan fingerprint density at radius 3 is 2.28 bits per heavy atom. The van der Waals surface area contributed by atoms with E-state index in [1.807, 2.05) is 36.4 Å². The average Bonchev–Trinajstić information content (AvgIpc) is 3.60. The first kappa shape index (κ1) is 27.1. The molecule has 1 N–H and O–H groups in total. The Bertz CT molecular complexity index is 1560. The normalized spacial score (nSPS) is 10.9. The lowest BCUT2D eigenvalue weighted by atomic mass is 10.0. The summed E-state index contributed by atoms with van der Waals surface area (Å²) in [6.07, 6.45) is 1.32. The van der Waals surface area contributed by atoms with Gasteiger partial charge >= 0.3 is 11.9 Å². The largest absolute Gasteiger partial charge is 0.462 e. The van der Waals surface area contributed by atoms with Crippen LogP contribution in [-0.4, -0.2) is 31.1 Å². The van der Waals surface area contributed by atoms with Crippen molar-refractivity contribution in [1.82, 2.24) is 0 Å². The van der Waals surface area contributed by atoms with Gasteiger partial charge in [-0.15, -0.1) is 11.3 Å². The summed E-state index contributed by atoms with van der Waals surface area (Å²) < 4.78 is 16.0. The molecule has 0 radical (unpaired) electrons. The topological polar surface area (TPSA) is 119 Å². The summed E-state index contributed by atoms with van der Waals surface area (Å²) in [4.78, 5) is 37.7. The van der Waals surface area contributed by atoms with Crippen molar-refractivity contribution in [2.75, 3.05) is 18.5 Å². The van der Waals surface area contributed by atoms with E-state index >= 15 is 0 Å². The highest BCUT2D eigenvalue weighted by Gasteiger charge is 2.24. The number of esters is 2. The van der Waals surface area contributed by atoms with Gasteiger partial charge in [-0.1, -0.05) is 42.5 Å². The van der Waals surface area contributed by atoms with E-state index in [-0.39, 0.29) is 35.1 Å². The third-order valence-corrected chi connectivity index (χ3v) is 6.44. The molecule has 39 heavy (non-hydrogen) atoms. The van der Waals surface area contributed by atoms with Crippen LogP contribution in [0, 0.1) is 11.3 Å². The predicted molar refractivity (Wildman–Crippen MR) is 148 cm³/mol. The second kappa shape index (κ2) is 12.5. The summed E-state index contributed by atoms with van der Waals surface area (Å²) in [6.45, 7) is 3.90. The lowest BCUT2D eigenvalue weighted by Crippen LogP contribution is -2.16. The molecular weight excluding hydrogens is 516 g/mol. The molecule has 0 bridgehead atoms. The van der Waals surface area contributed by atoms with E-state index in [0.717, 1.165) is 5.56 Å². The molecule has 4 rings (SSSR count). The van der Waals surface area contributed by atoms with E-state index in [4.69, 9.17) is 13.9 Å². The van der Waals surface area contributed by atoms with Gasteiger partial charge in [0.1, 0.15) is 33.7 Å². The molecule has 0 saturated heterocycles. The number of hydrogen-bond acceptors (Lipinski definition) is 8. The van der Waals surface area contributed by atoms with E-state index in [0.29, 0.717) is 22.5 Å². The third kappa shape index (κ3) is 6.32. The minimum atomic E-state index is -0.693. The second-order valence-corrected chi connectivity index (χ2v) is 8.94. The Hall–Kier alpha value is -4.94.